The van der Waals surface area contributed by atoms with Gasteiger partial charge in [-0.2, -0.15) is 0 Å². The molecule has 0 radical (unpaired) electrons. The van der Waals surface area contributed by atoms with Crippen molar-refractivity contribution in [2.75, 3.05) is 7.11 Å². The first-order valence-corrected chi connectivity index (χ1v) is 8.34. The Hall–Kier alpha value is -0.630. The molecule has 2 rings (SSSR count). The summed E-state index contributed by atoms with van der Waals surface area (Å²) in [4.78, 5) is 12.0. The normalized spacial score (nSPS) is 29.9. The van der Waals surface area contributed by atoms with E-state index >= 15 is 0 Å². The quantitative estimate of drug-likeness (QED) is 0.449. The van der Waals surface area contributed by atoms with Gasteiger partial charge in [0.05, 0.1) is 17.4 Å². The molecule has 1 aromatic carbocycles. The number of benzene rings is 1. The predicted octanol–water partition coefficient (Wildman–Crippen LogP) is 2.48. The molecule has 2 atom stereocenters. The van der Waals surface area contributed by atoms with Crippen molar-refractivity contribution in [3.05, 3.63) is 29.8 Å². The summed E-state index contributed by atoms with van der Waals surface area (Å²) in [6.45, 7) is 3.53. The van der Waals surface area contributed by atoms with E-state index in [0.717, 1.165) is 5.56 Å². The lowest BCUT2D eigenvalue weighted by atomic mass is 10.1. The Morgan fingerprint density at radius 3 is 2.32 bits per heavy atom. The smallest absolute Gasteiger partial charge is 0.314 e. The van der Waals surface area contributed by atoms with Gasteiger partial charge in [-0.3, -0.25) is 4.79 Å². The van der Waals surface area contributed by atoms with Crippen molar-refractivity contribution in [1.29, 1.82) is 0 Å². The largest absolute Gasteiger partial charge is 0.469 e. The second-order valence-corrected chi connectivity index (χ2v) is 9.79. The van der Waals surface area contributed by atoms with E-state index in [1.165, 1.54) is 7.11 Å². The van der Waals surface area contributed by atoms with Gasteiger partial charge in [-0.05, 0) is 32.4 Å². The lowest BCUT2D eigenvalue weighted by Gasteiger charge is -2.16. The number of carbonyl (C=O) groups is 1. The summed E-state index contributed by atoms with van der Waals surface area (Å²) in [5, 5.41) is 0. The van der Waals surface area contributed by atoms with Crippen LogP contribution in [0, 0.1) is 12.3 Å². The Bertz CT molecular complexity index is 623. The maximum atomic E-state index is 12.6. The molecule has 4 nitrogen and oxygen atoms in total. The second-order valence-electron chi connectivity index (χ2n) is 5.05. The second kappa shape index (κ2) is 4.44. The first-order chi connectivity index (χ1) is 8.69. The molecule has 1 saturated carbocycles. The highest BCUT2D eigenvalue weighted by Crippen LogP contribution is 2.67. The Balaban J connectivity index is 2.43. The number of methoxy groups -OCH3 is 1. The summed E-state index contributed by atoms with van der Waals surface area (Å²) < 4.78 is 28.9. The third-order valence-corrected chi connectivity index (χ3v) is 9.32. The van der Waals surface area contributed by atoms with Crippen LogP contribution in [0.25, 0.3) is 0 Å². The SMILES string of the molecule is COC(=O)C1(C)CC1(I)S(=O)(=O)c1ccc(C)cc1. The van der Waals surface area contributed by atoms with Crippen molar-refractivity contribution < 1.29 is 17.9 Å². The van der Waals surface area contributed by atoms with Crippen molar-refractivity contribution in [3.8, 4) is 0 Å². The first-order valence-electron chi connectivity index (χ1n) is 5.78. The fourth-order valence-corrected chi connectivity index (χ4v) is 5.93. The number of rotatable bonds is 3. The number of hydrogen-bond donors (Lipinski definition) is 0. The third-order valence-electron chi connectivity index (χ3n) is 3.67. The standard InChI is InChI=1S/C13H15IO4S/c1-9-4-6-10(7-5-9)19(16,17)13(14)8-12(13,2)11(15)18-3/h4-7H,8H2,1-3H3. The molecular formula is C13H15IO4S. The number of halogens is 1. The molecule has 0 bridgehead atoms. The van der Waals surface area contributed by atoms with Crippen LogP contribution in [0.15, 0.2) is 29.2 Å². The van der Waals surface area contributed by atoms with Gasteiger partial charge in [0.2, 0.25) is 0 Å². The molecule has 19 heavy (non-hydrogen) atoms. The summed E-state index contributed by atoms with van der Waals surface area (Å²) in [5.74, 6) is -0.474. The lowest BCUT2D eigenvalue weighted by molar-refractivity contribution is -0.146. The van der Waals surface area contributed by atoms with Gasteiger partial charge in [0.1, 0.15) is 2.75 Å². The molecule has 1 aliphatic rings. The van der Waals surface area contributed by atoms with Crippen LogP contribution in [0.2, 0.25) is 0 Å². The van der Waals surface area contributed by atoms with Gasteiger partial charge < -0.3 is 4.74 Å². The van der Waals surface area contributed by atoms with Gasteiger partial charge in [0.25, 0.3) is 0 Å². The molecule has 0 heterocycles. The fourth-order valence-electron chi connectivity index (χ4n) is 2.16. The van der Waals surface area contributed by atoms with E-state index in [4.69, 9.17) is 4.74 Å². The highest BCUT2D eigenvalue weighted by Gasteiger charge is 2.76. The minimum atomic E-state index is -3.56. The van der Waals surface area contributed by atoms with E-state index in [9.17, 15) is 13.2 Å². The molecule has 0 spiro atoms. The number of sulfone groups is 1. The van der Waals surface area contributed by atoms with E-state index < -0.39 is 24.0 Å². The average molecular weight is 394 g/mol. The summed E-state index contributed by atoms with van der Waals surface area (Å²) in [6, 6.07) is 6.68. The van der Waals surface area contributed by atoms with Crippen LogP contribution in [-0.2, 0) is 19.4 Å². The molecule has 0 saturated heterocycles. The van der Waals surface area contributed by atoms with Gasteiger partial charge >= 0.3 is 5.97 Å². The number of alkyl halides is 1. The van der Waals surface area contributed by atoms with E-state index in [1.807, 2.05) is 29.5 Å². The molecule has 0 N–H and O–H groups in total. The average Bonchev–Trinajstić information content (AvgIpc) is 2.95. The van der Waals surface area contributed by atoms with Crippen LogP contribution < -0.4 is 0 Å². The van der Waals surface area contributed by atoms with Crippen molar-refractivity contribution in [3.63, 3.8) is 0 Å². The molecule has 1 fully saturated rings. The highest BCUT2D eigenvalue weighted by molar-refractivity contribution is 14.1. The van der Waals surface area contributed by atoms with E-state index in [2.05, 4.69) is 0 Å². The van der Waals surface area contributed by atoms with Crippen LogP contribution in [-0.4, -0.2) is 24.3 Å². The zero-order valence-corrected chi connectivity index (χ0v) is 13.9. The number of aryl methyl sites for hydroxylation is 1. The third kappa shape index (κ3) is 1.99. The predicted molar refractivity (Wildman–Crippen MR) is 79.9 cm³/mol. The monoisotopic (exact) mass is 394 g/mol. The molecule has 6 heteroatoms. The van der Waals surface area contributed by atoms with E-state index in [1.54, 1.807) is 31.2 Å². The van der Waals surface area contributed by atoms with Crippen molar-refractivity contribution in [2.45, 2.75) is 27.9 Å². The molecule has 2 unspecified atom stereocenters. The topological polar surface area (TPSA) is 60.4 Å². The maximum absolute atomic E-state index is 12.6. The van der Waals surface area contributed by atoms with Gasteiger partial charge in [-0.25, -0.2) is 8.42 Å². The van der Waals surface area contributed by atoms with Crippen molar-refractivity contribution >= 4 is 38.4 Å². The van der Waals surface area contributed by atoms with Gasteiger partial charge in [0, 0.05) is 0 Å². The van der Waals surface area contributed by atoms with E-state index in [0.29, 0.717) is 0 Å². The Kier molecular flexibility index (Phi) is 3.45. The molecule has 1 aromatic rings. The number of hydrogen-bond acceptors (Lipinski definition) is 4. The zero-order chi connectivity index (χ0) is 14.5. The van der Waals surface area contributed by atoms with Gasteiger partial charge in [-0.15, -0.1) is 0 Å². The van der Waals surface area contributed by atoms with E-state index in [-0.39, 0.29) is 11.3 Å². The number of esters is 1. The van der Waals surface area contributed by atoms with Gasteiger partial charge in [-0.1, -0.05) is 40.3 Å². The Labute approximate surface area is 126 Å². The van der Waals surface area contributed by atoms with Crippen LogP contribution >= 0.6 is 22.6 Å². The first kappa shape index (κ1) is 14.8. The summed E-state index contributed by atoms with van der Waals surface area (Å²) in [5.41, 5.74) is 0.0273. The lowest BCUT2D eigenvalue weighted by Crippen LogP contribution is -2.29. The van der Waals surface area contributed by atoms with Crippen LogP contribution in [0.1, 0.15) is 18.9 Å². The maximum Gasteiger partial charge on any atom is 0.314 e. The van der Waals surface area contributed by atoms with Crippen LogP contribution in [0.5, 0.6) is 0 Å². The Morgan fingerprint density at radius 2 is 1.84 bits per heavy atom. The molecule has 0 aliphatic heterocycles. The minimum Gasteiger partial charge on any atom is -0.469 e. The Morgan fingerprint density at radius 1 is 1.32 bits per heavy atom. The molecule has 1 aliphatic carbocycles. The summed E-state index contributed by atoms with van der Waals surface area (Å²) in [7, 11) is -2.28. The molecular weight excluding hydrogens is 379 g/mol. The summed E-state index contributed by atoms with van der Waals surface area (Å²) in [6.07, 6.45) is 0.281. The fraction of sp³-hybridized carbons (Fsp3) is 0.462. The number of carbonyl (C=O) groups excluding carboxylic acids is 1. The number of ether oxygens (including phenoxy) is 1. The van der Waals surface area contributed by atoms with Crippen molar-refractivity contribution in [2.24, 2.45) is 5.41 Å². The molecule has 104 valence electrons. The molecule has 0 aromatic heterocycles. The van der Waals surface area contributed by atoms with Crippen LogP contribution in [0.4, 0.5) is 0 Å². The highest BCUT2D eigenvalue weighted by atomic mass is 127. The van der Waals surface area contributed by atoms with Crippen LogP contribution in [0.3, 0.4) is 0 Å². The summed E-state index contributed by atoms with van der Waals surface area (Å²) >= 11 is 1.87. The molecule has 0 amide bonds. The zero-order valence-electron chi connectivity index (χ0n) is 10.9. The minimum absolute atomic E-state index is 0.250. The van der Waals surface area contributed by atoms with Gasteiger partial charge in [0.15, 0.2) is 9.84 Å². The van der Waals surface area contributed by atoms with Crippen molar-refractivity contribution in [1.82, 2.24) is 0 Å².